The Morgan fingerprint density at radius 1 is 0.304 bits per heavy atom. The van der Waals surface area contributed by atoms with Crippen molar-refractivity contribution in [1.29, 1.82) is 0 Å². The average molecular weight is 795 g/mol. The fourth-order valence-electron chi connectivity index (χ4n) is 7.57. The quantitative estimate of drug-likeness (QED) is 0.111. The van der Waals surface area contributed by atoms with Gasteiger partial charge in [0.25, 0.3) is 0 Å². The molecule has 0 nitrogen and oxygen atoms in total. The molecule has 0 fully saturated rings. The normalized spacial score (nSPS) is 12.1. The molecule has 0 aliphatic heterocycles. The highest BCUT2D eigenvalue weighted by atomic mass is 31.2. The first kappa shape index (κ1) is 37.3. The second-order valence-corrected chi connectivity index (χ2v) is 19.8. The van der Waals surface area contributed by atoms with Crippen molar-refractivity contribution in [1.82, 2.24) is 0 Å². The van der Waals surface area contributed by atoms with Gasteiger partial charge >= 0.3 is 0 Å². The van der Waals surface area contributed by atoms with Crippen LogP contribution in [-0.2, 0) is 0 Å². The van der Waals surface area contributed by atoms with Gasteiger partial charge in [0.05, 0.1) is 0 Å². The van der Waals surface area contributed by atoms with Gasteiger partial charge in [0, 0.05) is 24.3 Å². The zero-order valence-corrected chi connectivity index (χ0v) is 31.0. The standard InChI is InChI=1S/C46H28F8P2/c1-55(37-19-29(47)15-30(48)20-37,38-21-31(49)16-32(50)22-38)43-13-11-27-7-3-5-9-41(27)45(43)46-42-10-6-4-8-28(42)12-14-44(46)56(2,39-23-33(51)17-34(52)24-39)40-25-35(53)18-36(54)26-40/h3-26H,1-2H2. The van der Waals surface area contributed by atoms with E-state index in [9.17, 15) is 0 Å². The Bertz CT molecular complexity index is 2600. The molecule has 0 amide bonds. The van der Waals surface area contributed by atoms with Crippen LogP contribution in [0.25, 0.3) is 32.7 Å². The number of fused-ring (bicyclic) bond motifs is 2. The first-order valence-corrected chi connectivity index (χ1v) is 21.1. The second-order valence-electron chi connectivity index (χ2n) is 13.5. The van der Waals surface area contributed by atoms with Crippen LogP contribution in [0, 0.1) is 46.5 Å². The van der Waals surface area contributed by atoms with E-state index in [0.29, 0.717) is 67.5 Å². The molecule has 56 heavy (non-hydrogen) atoms. The summed E-state index contributed by atoms with van der Waals surface area (Å²) in [6.45, 7) is -7.45. The molecular weight excluding hydrogens is 766 g/mol. The minimum Gasteiger partial charge on any atom is -0.207 e. The molecule has 0 aliphatic carbocycles. The Labute approximate surface area is 317 Å². The van der Waals surface area contributed by atoms with Crippen LogP contribution in [0.2, 0.25) is 0 Å². The predicted octanol–water partition coefficient (Wildman–Crippen LogP) is 10.2. The number of benzene rings is 8. The fourth-order valence-corrected chi connectivity index (χ4v) is 13.9. The molecule has 8 aromatic rings. The Hall–Kier alpha value is -5.68. The summed E-state index contributed by atoms with van der Waals surface area (Å²) in [5.74, 6) is -7.54. The summed E-state index contributed by atoms with van der Waals surface area (Å²) in [4.78, 5) is 0. The molecule has 8 rings (SSSR count). The van der Waals surface area contributed by atoms with Gasteiger partial charge in [-0.15, -0.1) is 0 Å². The van der Waals surface area contributed by atoms with Crippen LogP contribution in [0.4, 0.5) is 35.1 Å². The van der Waals surface area contributed by atoms with Crippen LogP contribution < -0.4 is 31.8 Å². The molecule has 0 N–H and O–H groups in total. The number of halogens is 8. The molecule has 8 aromatic carbocycles. The molecule has 0 spiro atoms. The summed E-state index contributed by atoms with van der Waals surface area (Å²) in [5.41, 5.74) is 0.823. The first-order chi connectivity index (χ1) is 26.7. The summed E-state index contributed by atoms with van der Waals surface area (Å²) in [5, 5.41) is 3.29. The number of hydrogen-bond donors (Lipinski definition) is 0. The Balaban J connectivity index is 1.62. The third-order valence-corrected chi connectivity index (χ3v) is 17.0. The zero-order chi connectivity index (χ0) is 39.5. The number of hydrogen-bond acceptors (Lipinski definition) is 0. The van der Waals surface area contributed by atoms with Crippen LogP contribution in [0.3, 0.4) is 0 Å². The third kappa shape index (κ3) is 6.37. The van der Waals surface area contributed by atoms with E-state index in [-0.39, 0.29) is 21.2 Å². The summed E-state index contributed by atoms with van der Waals surface area (Å²) < 4.78 is 122. The highest BCUT2D eigenvalue weighted by Crippen LogP contribution is 2.52. The minimum absolute atomic E-state index is 0.0217. The van der Waals surface area contributed by atoms with Crippen LogP contribution in [0.15, 0.2) is 146 Å². The topological polar surface area (TPSA) is 0 Å². The van der Waals surface area contributed by atoms with Crippen molar-refractivity contribution < 1.29 is 35.1 Å². The van der Waals surface area contributed by atoms with Gasteiger partial charge in [-0.3, -0.25) is 0 Å². The van der Waals surface area contributed by atoms with E-state index in [1.807, 2.05) is 12.1 Å². The predicted molar refractivity (Wildman–Crippen MR) is 218 cm³/mol. The lowest BCUT2D eigenvalue weighted by Crippen LogP contribution is -2.31. The van der Waals surface area contributed by atoms with Crippen molar-refractivity contribution in [2.75, 3.05) is 0 Å². The molecule has 0 saturated carbocycles. The SMILES string of the molecule is C=P(c1cc(F)cc(F)c1)(c1cc(F)cc(F)c1)c1ccc2ccccc2c1-c1c(P(=C)(c2cc(F)cc(F)c2)c2cc(F)cc(F)c2)ccc2ccccc12. The Kier molecular flexibility index (Phi) is 9.39. The molecule has 0 aromatic heterocycles. The molecule has 0 saturated heterocycles. The molecule has 278 valence electrons. The van der Waals surface area contributed by atoms with E-state index in [1.54, 1.807) is 60.7 Å². The summed E-state index contributed by atoms with van der Waals surface area (Å²) in [6.07, 6.45) is 9.22. The van der Waals surface area contributed by atoms with Crippen LogP contribution >= 0.6 is 13.8 Å². The lowest BCUT2D eigenvalue weighted by Gasteiger charge is -2.34. The van der Waals surface area contributed by atoms with Gasteiger partial charge in [0.2, 0.25) is 0 Å². The monoisotopic (exact) mass is 794 g/mol. The summed E-state index contributed by atoms with van der Waals surface area (Å²) >= 11 is 0. The van der Waals surface area contributed by atoms with Crippen molar-refractivity contribution in [3.8, 4) is 11.1 Å². The second kappa shape index (κ2) is 14.1. The number of rotatable bonds is 7. The molecule has 0 aliphatic rings. The van der Waals surface area contributed by atoms with Gasteiger partial charge in [-0.25, -0.2) is 35.1 Å². The molecule has 0 unspecified atom stereocenters. The van der Waals surface area contributed by atoms with Gasteiger partial charge in [-0.1, -0.05) is 85.4 Å². The van der Waals surface area contributed by atoms with Gasteiger partial charge in [-0.05, 0) is 127 Å². The highest BCUT2D eigenvalue weighted by molar-refractivity contribution is 7.94. The van der Waals surface area contributed by atoms with Gasteiger partial charge < -0.3 is 0 Å². The van der Waals surface area contributed by atoms with Crippen LogP contribution in [-0.4, -0.2) is 12.6 Å². The zero-order valence-electron chi connectivity index (χ0n) is 29.2. The van der Waals surface area contributed by atoms with E-state index < -0.39 is 60.3 Å². The maximum Gasteiger partial charge on any atom is 0.126 e. The van der Waals surface area contributed by atoms with Crippen LogP contribution in [0.5, 0.6) is 0 Å². The van der Waals surface area contributed by atoms with E-state index in [0.717, 1.165) is 48.5 Å². The van der Waals surface area contributed by atoms with Crippen LogP contribution in [0.1, 0.15) is 0 Å². The van der Waals surface area contributed by atoms with E-state index >= 15 is 35.1 Å². The van der Waals surface area contributed by atoms with E-state index in [4.69, 9.17) is 0 Å². The molecule has 0 heterocycles. The van der Waals surface area contributed by atoms with Crippen molar-refractivity contribution >= 4 is 79.7 Å². The van der Waals surface area contributed by atoms with Crippen molar-refractivity contribution in [3.05, 3.63) is 192 Å². The summed E-state index contributed by atoms with van der Waals surface area (Å²) in [6, 6.07) is 32.7. The van der Waals surface area contributed by atoms with E-state index in [1.165, 1.54) is 0 Å². The first-order valence-electron chi connectivity index (χ1n) is 17.1. The van der Waals surface area contributed by atoms with Crippen molar-refractivity contribution in [3.63, 3.8) is 0 Å². The fraction of sp³-hybridized carbons (Fsp3) is 0. The maximum atomic E-state index is 15.2. The summed E-state index contributed by atoms with van der Waals surface area (Å²) in [7, 11) is 0. The van der Waals surface area contributed by atoms with Crippen molar-refractivity contribution in [2.45, 2.75) is 0 Å². The average Bonchev–Trinajstić information content (AvgIpc) is 3.15. The lowest BCUT2D eigenvalue weighted by atomic mass is 9.93. The molecule has 0 atom stereocenters. The Morgan fingerprint density at radius 2 is 0.554 bits per heavy atom. The van der Waals surface area contributed by atoms with Gasteiger partial charge in [-0.2, -0.15) is 0 Å². The minimum atomic E-state index is -3.73. The Morgan fingerprint density at radius 3 is 0.821 bits per heavy atom. The molecule has 0 bridgehead atoms. The van der Waals surface area contributed by atoms with Gasteiger partial charge in [0.15, 0.2) is 0 Å². The largest absolute Gasteiger partial charge is 0.207 e. The lowest BCUT2D eigenvalue weighted by molar-refractivity contribution is 0.584. The maximum absolute atomic E-state index is 15.2. The smallest absolute Gasteiger partial charge is 0.126 e. The third-order valence-electron chi connectivity index (χ3n) is 10.0. The molecule has 0 radical (unpaired) electrons. The van der Waals surface area contributed by atoms with Crippen molar-refractivity contribution in [2.24, 2.45) is 0 Å². The van der Waals surface area contributed by atoms with E-state index in [2.05, 4.69) is 12.6 Å². The van der Waals surface area contributed by atoms with Gasteiger partial charge in [0.1, 0.15) is 46.5 Å². The highest BCUT2D eigenvalue weighted by Gasteiger charge is 2.34. The molecular formula is C46H28F8P2. The molecule has 10 heteroatoms.